The molecule has 18 heavy (non-hydrogen) atoms. The van der Waals surface area contributed by atoms with E-state index in [2.05, 4.69) is 15.1 Å². The third kappa shape index (κ3) is 2.15. The molecule has 3 rings (SSSR count). The second-order valence-electron chi connectivity index (χ2n) is 5.84. The molecule has 0 spiro atoms. The van der Waals surface area contributed by atoms with Crippen LogP contribution < -0.4 is 5.32 Å². The van der Waals surface area contributed by atoms with Gasteiger partial charge in [-0.1, -0.05) is 0 Å². The number of aliphatic carboxylic acids is 1. The molecule has 1 saturated carbocycles. The van der Waals surface area contributed by atoms with E-state index in [9.17, 15) is 9.90 Å². The van der Waals surface area contributed by atoms with Crippen molar-refractivity contribution in [3.8, 4) is 0 Å². The highest BCUT2D eigenvalue weighted by molar-refractivity contribution is 5.79. The molecular weight excluding hydrogens is 230 g/mol. The molecule has 102 valence electrons. The molecule has 5 nitrogen and oxygen atoms in total. The minimum Gasteiger partial charge on any atom is -0.480 e. The third-order valence-electron chi connectivity index (χ3n) is 4.81. The molecule has 0 aromatic carbocycles. The van der Waals surface area contributed by atoms with Gasteiger partial charge >= 0.3 is 5.97 Å². The number of carbonyl (C=O) groups is 1. The zero-order chi connectivity index (χ0) is 12.6. The quantitative estimate of drug-likeness (QED) is 0.740. The number of carboxylic acids is 1. The Morgan fingerprint density at radius 3 is 2.22 bits per heavy atom. The largest absolute Gasteiger partial charge is 0.480 e. The summed E-state index contributed by atoms with van der Waals surface area (Å²) in [6.07, 6.45) is 4.21. The molecule has 1 aliphatic carbocycles. The van der Waals surface area contributed by atoms with Crippen molar-refractivity contribution in [1.82, 2.24) is 15.1 Å². The first-order valence-corrected chi connectivity index (χ1v) is 7.16. The lowest BCUT2D eigenvalue weighted by atomic mass is 9.85. The predicted octanol–water partition coefficient (Wildman–Crippen LogP) is -0.0268. The topological polar surface area (TPSA) is 55.8 Å². The number of nitrogens with zero attached hydrogens (tertiary/aromatic N) is 2. The van der Waals surface area contributed by atoms with Gasteiger partial charge in [0.05, 0.1) is 0 Å². The van der Waals surface area contributed by atoms with Crippen molar-refractivity contribution < 1.29 is 9.90 Å². The number of likely N-dealkylation sites (tertiary alicyclic amines) is 1. The molecule has 2 heterocycles. The SMILES string of the molecule is O=C(O)C1(N2CCNCC2)CCN(C2CC2)CC1. The highest BCUT2D eigenvalue weighted by Gasteiger charge is 2.48. The molecule has 2 saturated heterocycles. The number of rotatable bonds is 3. The average molecular weight is 253 g/mol. The summed E-state index contributed by atoms with van der Waals surface area (Å²) in [6.45, 7) is 5.50. The van der Waals surface area contributed by atoms with Crippen molar-refractivity contribution in [1.29, 1.82) is 0 Å². The van der Waals surface area contributed by atoms with Crippen LogP contribution in [0, 0.1) is 0 Å². The van der Waals surface area contributed by atoms with E-state index in [-0.39, 0.29) is 0 Å². The summed E-state index contributed by atoms with van der Waals surface area (Å²) in [6, 6.07) is 0.764. The van der Waals surface area contributed by atoms with Gasteiger partial charge in [-0.25, -0.2) is 0 Å². The van der Waals surface area contributed by atoms with Crippen molar-refractivity contribution in [3.63, 3.8) is 0 Å². The Bertz CT molecular complexity index is 316. The van der Waals surface area contributed by atoms with Crippen LogP contribution in [0.1, 0.15) is 25.7 Å². The lowest BCUT2D eigenvalue weighted by Gasteiger charge is -2.47. The van der Waals surface area contributed by atoms with Crippen LogP contribution in [-0.2, 0) is 4.79 Å². The van der Waals surface area contributed by atoms with Crippen LogP contribution in [0.2, 0.25) is 0 Å². The number of carboxylic acid groups (broad SMARTS) is 1. The fourth-order valence-corrected chi connectivity index (χ4v) is 3.46. The minimum atomic E-state index is -0.611. The molecule has 2 aliphatic heterocycles. The molecule has 0 radical (unpaired) electrons. The Hall–Kier alpha value is -0.650. The molecule has 0 aromatic rings. The zero-order valence-corrected chi connectivity index (χ0v) is 10.9. The van der Waals surface area contributed by atoms with Gasteiger partial charge in [0.2, 0.25) is 0 Å². The molecule has 0 unspecified atom stereocenters. The van der Waals surface area contributed by atoms with E-state index < -0.39 is 11.5 Å². The van der Waals surface area contributed by atoms with Gasteiger partial charge in [0, 0.05) is 45.3 Å². The van der Waals surface area contributed by atoms with Crippen molar-refractivity contribution in [2.24, 2.45) is 0 Å². The van der Waals surface area contributed by atoms with Crippen LogP contribution in [0.5, 0.6) is 0 Å². The predicted molar refractivity (Wildman–Crippen MR) is 68.6 cm³/mol. The normalized spacial score (nSPS) is 30.2. The van der Waals surface area contributed by atoms with Gasteiger partial charge in [-0.15, -0.1) is 0 Å². The standard InChI is InChI=1S/C13H23N3O2/c17-12(18)13(16-9-5-14-6-10-16)3-7-15(8-4-13)11-1-2-11/h11,14H,1-10H2,(H,17,18). The van der Waals surface area contributed by atoms with Crippen LogP contribution in [0.4, 0.5) is 0 Å². The molecule has 2 N–H and O–H groups in total. The van der Waals surface area contributed by atoms with Gasteiger partial charge in [0.15, 0.2) is 0 Å². The van der Waals surface area contributed by atoms with E-state index in [0.717, 1.165) is 58.2 Å². The maximum Gasteiger partial charge on any atom is 0.324 e. The molecule has 0 bridgehead atoms. The molecule has 3 aliphatic rings. The molecule has 3 fully saturated rings. The van der Waals surface area contributed by atoms with Crippen molar-refractivity contribution in [2.75, 3.05) is 39.3 Å². The monoisotopic (exact) mass is 253 g/mol. The second-order valence-corrected chi connectivity index (χ2v) is 5.84. The summed E-state index contributed by atoms with van der Waals surface area (Å²) in [5.41, 5.74) is -0.590. The van der Waals surface area contributed by atoms with Crippen LogP contribution in [0.15, 0.2) is 0 Å². The highest BCUT2D eigenvalue weighted by Crippen LogP contribution is 2.35. The number of hydrogen-bond donors (Lipinski definition) is 2. The molecule has 0 amide bonds. The lowest BCUT2D eigenvalue weighted by Crippen LogP contribution is -2.64. The Kier molecular flexibility index (Phi) is 3.30. The van der Waals surface area contributed by atoms with Gasteiger partial charge < -0.3 is 15.3 Å². The summed E-state index contributed by atoms with van der Waals surface area (Å²) in [4.78, 5) is 16.5. The van der Waals surface area contributed by atoms with Crippen molar-refractivity contribution in [2.45, 2.75) is 37.3 Å². The van der Waals surface area contributed by atoms with E-state index in [4.69, 9.17) is 0 Å². The minimum absolute atomic E-state index is 0.590. The first-order valence-electron chi connectivity index (χ1n) is 7.16. The third-order valence-corrected chi connectivity index (χ3v) is 4.81. The summed E-state index contributed by atoms with van der Waals surface area (Å²) in [5, 5.41) is 13.0. The molecular formula is C13H23N3O2. The number of nitrogens with one attached hydrogen (secondary N) is 1. The maximum absolute atomic E-state index is 11.8. The van der Waals surface area contributed by atoms with Gasteiger partial charge in [0.1, 0.15) is 5.54 Å². The van der Waals surface area contributed by atoms with Crippen LogP contribution in [0.25, 0.3) is 0 Å². The number of piperazine rings is 1. The van der Waals surface area contributed by atoms with E-state index in [1.165, 1.54) is 12.8 Å². The molecule has 0 atom stereocenters. The van der Waals surface area contributed by atoms with E-state index >= 15 is 0 Å². The second kappa shape index (κ2) is 4.79. The number of piperidine rings is 1. The van der Waals surface area contributed by atoms with Crippen LogP contribution >= 0.6 is 0 Å². The van der Waals surface area contributed by atoms with Gasteiger partial charge in [-0.3, -0.25) is 9.69 Å². The maximum atomic E-state index is 11.8. The zero-order valence-electron chi connectivity index (χ0n) is 10.9. The Morgan fingerprint density at radius 1 is 1.11 bits per heavy atom. The van der Waals surface area contributed by atoms with Crippen LogP contribution in [0.3, 0.4) is 0 Å². The number of hydrogen-bond acceptors (Lipinski definition) is 4. The first kappa shape index (κ1) is 12.4. The van der Waals surface area contributed by atoms with Gasteiger partial charge in [0.25, 0.3) is 0 Å². The molecule has 5 heteroatoms. The van der Waals surface area contributed by atoms with Gasteiger partial charge in [-0.05, 0) is 25.7 Å². The summed E-state index contributed by atoms with van der Waals surface area (Å²) in [5.74, 6) is -0.611. The summed E-state index contributed by atoms with van der Waals surface area (Å²) in [7, 11) is 0. The van der Waals surface area contributed by atoms with Crippen molar-refractivity contribution >= 4 is 5.97 Å². The Morgan fingerprint density at radius 2 is 1.72 bits per heavy atom. The van der Waals surface area contributed by atoms with E-state index in [0.29, 0.717) is 0 Å². The summed E-state index contributed by atoms with van der Waals surface area (Å²) < 4.78 is 0. The van der Waals surface area contributed by atoms with Gasteiger partial charge in [-0.2, -0.15) is 0 Å². The molecule has 0 aromatic heterocycles. The fourth-order valence-electron chi connectivity index (χ4n) is 3.46. The Balaban J connectivity index is 1.69. The van der Waals surface area contributed by atoms with E-state index in [1.54, 1.807) is 0 Å². The van der Waals surface area contributed by atoms with Crippen LogP contribution in [-0.4, -0.2) is 71.7 Å². The average Bonchev–Trinajstić information content (AvgIpc) is 3.24. The fraction of sp³-hybridized carbons (Fsp3) is 0.923. The highest BCUT2D eigenvalue weighted by atomic mass is 16.4. The first-order chi connectivity index (χ1) is 8.72. The smallest absolute Gasteiger partial charge is 0.324 e. The lowest BCUT2D eigenvalue weighted by molar-refractivity contribution is -0.156. The Labute approximate surface area is 108 Å². The van der Waals surface area contributed by atoms with E-state index in [1.807, 2.05) is 0 Å². The van der Waals surface area contributed by atoms with Crippen molar-refractivity contribution in [3.05, 3.63) is 0 Å². The summed E-state index contributed by atoms with van der Waals surface area (Å²) >= 11 is 0.